The quantitative estimate of drug-likeness (QED) is 0.918. The molecule has 0 unspecified atom stereocenters. The van der Waals surface area contributed by atoms with Gasteiger partial charge in [-0.3, -0.25) is 9.48 Å². The van der Waals surface area contributed by atoms with Crippen molar-refractivity contribution in [2.75, 3.05) is 0 Å². The summed E-state index contributed by atoms with van der Waals surface area (Å²) in [5.74, 6) is -0.472. The van der Waals surface area contributed by atoms with Crippen LogP contribution in [0.1, 0.15) is 29.9 Å². The molecule has 122 valence electrons. The van der Waals surface area contributed by atoms with Crippen molar-refractivity contribution in [2.24, 2.45) is 0 Å². The SMILES string of the molecule is O=C(CCn1ccnn1)N[C@H]1C[C@H]1c1ccccc1C(F)(F)F. The molecule has 1 heterocycles. The van der Waals surface area contributed by atoms with Crippen LogP contribution in [0.2, 0.25) is 0 Å². The zero-order chi connectivity index (χ0) is 16.4. The van der Waals surface area contributed by atoms with Crippen molar-refractivity contribution >= 4 is 5.91 Å². The van der Waals surface area contributed by atoms with E-state index in [1.165, 1.54) is 23.0 Å². The third-order valence-electron chi connectivity index (χ3n) is 3.84. The molecule has 2 aromatic rings. The smallest absolute Gasteiger partial charge is 0.353 e. The molecule has 3 rings (SSSR count). The molecule has 1 aromatic carbocycles. The number of aryl methyl sites for hydroxylation is 1. The molecule has 1 N–H and O–H groups in total. The van der Waals surface area contributed by atoms with Crippen LogP contribution in [0.25, 0.3) is 0 Å². The molecule has 5 nitrogen and oxygen atoms in total. The molecular weight excluding hydrogens is 309 g/mol. The number of amides is 1. The van der Waals surface area contributed by atoms with E-state index in [-0.39, 0.29) is 29.9 Å². The van der Waals surface area contributed by atoms with Crippen LogP contribution in [0, 0.1) is 0 Å². The fourth-order valence-corrected chi connectivity index (χ4v) is 2.62. The fraction of sp³-hybridized carbons (Fsp3) is 0.400. The minimum absolute atomic E-state index is 0.197. The first-order valence-corrected chi connectivity index (χ1v) is 7.25. The van der Waals surface area contributed by atoms with Gasteiger partial charge in [0.25, 0.3) is 0 Å². The van der Waals surface area contributed by atoms with E-state index >= 15 is 0 Å². The summed E-state index contributed by atoms with van der Waals surface area (Å²) >= 11 is 0. The van der Waals surface area contributed by atoms with Gasteiger partial charge in [-0.2, -0.15) is 13.2 Å². The maximum atomic E-state index is 13.0. The Kier molecular flexibility index (Phi) is 4.06. The van der Waals surface area contributed by atoms with Crippen molar-refractivity contribution in [2.45, 2.75) is 37.5 Å². The molecule has 1 fully saturated rings. The van der Waals surface area contributed by atoms with E-state index in [0.717, 1.165) is 6.07 Å². The Labute approximate surface area is 130 Å². The number of halogens is 3. The standard InChI is InChI=1S/C15H15F3N4O/c16-15(17,18)12-4-2-1-3-10(12)11-9-13(11)20-14(23)5-7-22-8-6-19-21-22/h1-4,6,8,11,13H,5,7,9H2,(H,20,23)/t11-,13-/m0/s1. The highest BCUT2D eigenvalue weighted by atomic mass is 19.4. The van der Waals surface area contributed by atoms with Gasteiger partial charge in [0, 0.05) is 24.6 Å². The molecule has 1 aromatic heterocycles. The largest absolute Gasteiger partial charge is 0.416 e. The Morgan fingerprint density at radius 3 is 2.83 bits per heavy atom. The van der Waals surface area contributed by atoms with E-state index in [1.807, 2.05) is 0 Å². The zero-order valence-electron chi connectivity index (χ0n) is 12.1. The normalized spacial score (nSPS) is 20.3. The Balaban J connectivity index is 1.57. The minimum Gasteiger partial charge on any atom is -0.353 e. The number of aromatic nitrogens is 3. The second-order valence-corrected chi connectivity index (χ2v) is 5.52. The molecule has 1 saturated carbocycles. The second-order valence-electron chi connectivity index (χ2n) is 5.52. The number of nitrogens with one attached hydrogen (secondary N) is 1. The molecule has 1 amide bonds. The Bertz CT molecular complexity index is 684. The molecule has 0 radical (unpaired) electrons. The van der Waals surface area contributed by atoms with Crippen LogP contribution >= 0.6 is 0 Å². The second kappa shape index (κ2) is 6.02. The summed E-state index contributed by atoms with van der Waals surface area (Å²) in [4.78, 5) is 11.9. The predicted octanol–water partition coefficient (Wildman–Crippen LogP) is 2.36. The number of carbonyl (C=O) groups is 1. The molecular formula is C15H15F3N4O. The topological polar surface area (TPSA) is 59.8 Å². The lowest BCUT2D eigenvalue weighted by atomic mass is 10.0. The molecule has 1 aliphatic rings. The number of rotatable bonds is 5. The number of hydrogen-bond acceptors (Lipinski definition) is 3. The zero-order valence-corrected chi connectivity index (χ0v) is 12.1. The fourth-order valence-electron chi connectivity index (χ4n) is 2.62. The van der Waals surface area contributed by atoms with Gasteiger partial charge in [-0.1, -0.05) is 23.4 Å². The van der Waals surface area contributed by atoms with Crippen molar-refractivity contribution in [3.8, 4) is 0 Å². The number of nitrogens with zero attached hydrogens (tertiary/aromatic N) is 3. The maximum absolute atomic E-state index is 13.0. The van der Waals surface area contributed by atoms with E-state index < -0.39 is 11.7 Å². The van der Waals surface area contributed by atoms with Gasteiger partial charge in [-0.15, -0.1) is 5.10 Å². The lowest BCUT2D eigenvalue weighted by Crippen LogP contribution is -2.27. The first-order valence-electron chi connectivity index (χ1n) is 7.25. The van der Waals surface area contributed by atoms with Gasteiger partial charge in [-0.05, 0) is 18.1 Å². The molecule has 8 heteroatoms. The van der Waals surface area contributed by atoms with Crippen LogP contribution in [0.15, 0.2) is 36.7 Å². The van der Waals surface area contributed by atoms with Gasteiger partial charge in [-0.25, -0.2) is 0 Å². The average Bonchev–Trinajstić information content (AvgIpc) is 3.06. The van der Waals surface area contributed by atoms with Crippen LogP contribution in [0.3, 0.4) is 0 Å². The van der Waals surface area contributed by atoms with Crippen LogP contribution in [0.5, 0.6) is 0 Å². The predicted molar refractivity (Wildman–Crippen MR) is 75.4 cm³/mol. The molecule has 1 aliphatic carbocycles. The van der Waals surface area contributed by atoms with Gasteiger partial charge in [0.05, 0.1) is 18.3 Å². The van der Waals surface area contributed by atoms with Crippen molar-refractivity contribution in [1.29, 1.82) is 0 Å². The Morgan fingerprint density at radius 1 is 1.35 bits per heavy atom. The van der Waals surface area contributed by atoms with Crippen molar-refractivity contribution in [1.82, 2.24) is 20.3 Å². The highest BCUT2D eigenvalue weighted by molar-refractivity contribution is 5.76. The summed E-state index contributed by atoms with van der Waals surface area (Å²) in [5.41, 5.74) is -0.369. The third kappa shape index (κ3) is 3.69. The summed E-state index contributed by atoms with van der Waals surface area (Å²) in [6.07, 6.45) is -0.466. The Morgan fingerprint density at radius 2 is 2.13 bits per heavy atom. The lowest BCUT2D eigenvalue weighted by Gasteiger charge is -2.12. The first-order chi connectivity index (χ1) is 10.9. The van der Waals surface area contributed by atoms with Gasteiger partial charge < -0.3 is 5.32 Å². The van der Waals surface area contributed by atoms with E-state index in [2.05, 4.69) is 15.6 Å². The van der Waals surface area contributed by atoms with Gasteiger partial charge in [0.15, 0.2) is 0 Å². The number of carbonyl (C=O) groups excluding carboxylic acids is 1. The summed E-state index contributed by atoms with van der Waals surface area (Å²) in [5, 5.41) is 10.2. The molecule has 23 heavy (non-hydrogen) atoms. The lowest BCUT2D eigenvalue weighted by molar-refractivity contribution is -0.138. The first kappa shape index (κ1) is 15.5. The molecule has 0 bridgehead atoms. The van der Waals surface area contributed by atoms with Crippen molar-refractivity contribution in [3.05, 3.63) is 47.8 Å². The molecule has 0 saturated heterocycles. The number of alkyl halides is 3. The van der Waals surface area contributed by atoms with Crippen molar-refractivity contribution < 1.29 is 18.0 Å². The third-order valence-corrected chi connectivity index (χ3v) is 3.84. The molecule has 2 atom stereocenters. The summed E-state index contributed by atoms with van der Waals surface area (Å²) < 4.78 is 40.5. The van der Waals surface area contributed by atoms with Crippen LogP contribution in [-0.4, -0.2) is 26.9 Å². The average molecular weight is 324 g/mol. The number of benzene rings is 1. The van der Waals surface area contributed by atoms with Crippen LogP contribution in [0.4, 0.5) is 13.2 Å². The van der Waals surface area contributed by atoms with E-state index in [0.29, 0.717) is 13.0 Å². The maximum Gasteiger partial charge on any atom is 0.416 e. The Hall–Kier alpha value is -2.38. The summed E-state index contributed by atoms with van der Waals surface area (Å²) in [6.45, 7) is 0.391. The van der Waals surface area contributed by atoms with E-state index in [1.54, 1.807) is 12.3 Å². The van der Waals surface area contributed by atoms with Crippen molar-refractivity contribution in [3.63, 3.8) is 0 Å². The van der Waals surface area contributed by atoms with Crippen LogP contribution in [-0.2, 0) is 17.5 Å². The highest BCUT2D eigenvalue weighted by Crippen LogP contribution is 2.46. The summed E-state index contributed by atoms with van der Waals surface area (Å²) in [7, 11) is 0. The highest BCUT2D eigenvalue weighted by Gasteiger charge is 2.44. The summed E-state index contributed by atoms with van der Waals surface area (Å²) in [6, 6.07) is 5.29. The molecule has 0 spiro atoms. The van der Waals surface area contributed by atoms with E-state index in [9.17, 15) is 18.0 Å². The van der Waals surface area contributed by atoms with Crippen LogP contribution < -0.4 is 5.32 Å². The monoisotopic (exact) mass is 324 g/mol. The minimum atomic E-state index is -4.37. The van der Waals surface area contributed by atoms with Gasteiger partial charge in [0.1, 0.15) is 0 Å². The molecule has 0 aliphatic heterocycles. The van der Waals surface area contributed by atoms with E-state index in [4.69, 9.17) is 0 Å². The van der Waals surface area contributed by atoms with Gasteiger partial charge in [0.2, 0.25) is 5.91 Å². The number of hydrogen-bond donors (Lipinski definition) is 1. The van der Waals surface area contributed by atoms with Gasteiger partial charge >= 0.3 is 6.18 Å².